The highest BCUT2D eigenvalue weighted by molar-refractivity contribution is 7.98. The van der Waals surface area contributed by atoms with Crippen LogP contribution in [-0.4, -0.2) is 57.9 Å². The molecule has 0 aliphatic rings. The Balaban J connectivity index is 2.21. The van der Waals surface area contributed by atoms with E-state index in [9.17, 15) is 0 Å². The fourth-order valence-electron chi connectivity index (χ4n) is 1.94. The molecule has 126 valence electrons. The molecule has 0 aliphatic heterocycles. The van der Waals surface area contributed by atoms with E-state index in [0.29, 0.717) is 17.5 Å². The molecule has 2 aromatic heterocycles. The van der Waals surface area contributed by atoms with Crippen molar-refractivity contribution in [2.24, 2.45) is 0 Å². The van der Waals surface area contributed by atoms with Gasteiger partial charge in [-0.15, -0.1) is 10.2 Å². The number of rotatable bonds is 6. The predicted octanol–water partition coefficient (Wildman–Crippen LogP) is 1.05. The second-order valence-corrected chi connectivity index (χ2v) is 6.68. The Morgan fingerprint density at radius 2 is 1.74 bits per heavy atom. The number of thioether (sulfide) groups is 1. The summed E-state index contributed by atoms with van der Waals surface area (Å²) in [5.74, 6) is 2.76. The van der Waals surface area contributed by atoms with Crippen LogP contribution in [0, 0.1) is 0 Å². The lowest BCUT2D eigenvalue weighted by atomic mass is 10.4. The molecule has 2 aromatic rings. The molecule has 0 spiro atoms. The maximum atomic E-state index is 5.75. The fourth-order valence-corrected chi connectivity index (χ4v) is 2.86. The molecule has 0 unspecified atom stereocenters. The molecule has 2 heterocycles. The second-order valence-electron chi connectivity index (χ2n) is 5.73. The molecule has 0 radical (unpaired) electrons. The lowest BCUT2D eigenvalue weighted by molar-refractivity contribution is 0.549. The van der Waals surface area contributed by atoms with Crippen LogP contribution in [0.2, 0.25) is 0 Å². The largest absolute Gasteiger partial charge is 0.368 e. The van der Waals surface area contributed by atoms with Gasteiger partial charge in [-0.05, 0) is 13.8 Å². The summed E-state index contributed by atoms with van der Waals surface area (Å²) in [6, 6.07) is 0.255. The van der Waals surface area contributed by atoms with Gasteiger partial charge in [-0.25, -0.2) is 0 Å². The molecule has 0 atom stereocenters. The summed E-state index contributed by atoms with van der Waals surface area (Å²) in [5, 5.41) is 9.35. The average molecular weight is 337 g/mol. The Morgan fingerprint density at radius 3 is 2.30 bits per heavy atom. The summed E-state index contributed by atoms with van der Waals surface area (Å²) < 4.78 is 2.09. The molecule has 0 fully saturated rings. The molecular formula is C13H23N9S. The van der Waals surface area contributed by atoms with Crippen LogP contribution in [0.4, 0.5) is 17.8 Å². The van der Waals surface area contributed by atoms with Crippen molar-refractivity contribution in [3.8, 4) is 0 Å². The van der Waals surface area contributed by atoms with Crippen LogP contribution in [0.3, 0.4) is 0 Å². The van der Waals surface area contributed by atoms with Gasteiger partial charge in [-0.1, -0.05) is 11.8 Å². The number of anilines is 3. The van der Waals surface area contributed by atoms with E-state index in [1.165, 1.54) is 11.8 Å². The quantitative estimate of drug-likeness (QED) is 0.775. The molecule has 0 saturated heterocycles. The van der Waals surface area contributed by atoms with Crippen LogP contribution in [0.25, 0.3) is 0 Å². The normalized spacial score (nSPS) is 11.1. The summed E-state index contributed by atoms with van der Waals surface area (Å²) in [6.07, 6.45) is 0. The van der Waals surface area contributed by atoms with Gasteiger partial charge in [0.05, 0.1) is 5.75 Å². The molecule has 9 nitrogen and oxygen atoms in total. The highest BCUT2D eigenvalue weighted by atomic mass is 32.2. The highest BCUT2D eigenvalue weighted by Gasteiger charge is 2.17. The molecule has 0 saturated carbocycles. The summed E-state index contributed by atoms with van der Waals surface area (Å²) in [4.78, 5) is 16.4. The van der Waals surface area contributed by atoms with E-state index < -0.39 is 0 Å². The van der Waals surface area contributed by atoms with Crippen molar-refractivity contribution in [3.05, 3.63) is 5.82 Å². The lowest BCUT2D eigenvalue weighted by Crippen LogP contribution is -2.17. The van der Waals surface area contributed by atoms with Gasteiger partial charge in [-0.3, -0.25) is 4.57 Å². The van der Waals surface area contributed by atoms with Crippen LogP contribution >= 0.6 is 11.8 Å². The first kappa shape index (κ1) is 17.3. The molecular weight excluding hydrogens is 314 g/mol. The first-order chi connectivity index (χ1) is 10.8. The number of hydrogen-bond donors (Lipinski definition) is 1. The van der Waals surface area contributed by atoms with Crippen molar-refractivity contribution in [2.75, 3.05) is 43.7 Å². The van der Waals surface area contributed by atoms with E-state index in [2.05, 4.69) is 43.6 Å². The minimum Gasteiger partial charge on any atom is -0.368 e. The maximum Gasteiger partial charge on any atom is 0.229 e. The SMILES string of the molecule is CC(C)n1c(SCc2nc(N)nc(N(C)C)n2)nnc1N(C)C. The zero-order chi connectivity index (χ0) is 17.1. The molecule has 0 aromatic carbocycles. The summed E-state index contributed by atoms with van der Waals surface area (Å²) in [5.41, 5.74) is 5.75. The summed E-state index contributed by atoms with van der Waals surface area (Å²) in [7, 11) is 7.63. The minimum atomic E-state index is 0.221. The minimum absolute atomic E-state index is 0.221. The molecule has 0 bridgehead atoms. The van der Waals surface area contributed by atoms with E-state index in [0.717, 1.165) is 11.1 Å². The standard InChI is InChI=1S/C13H23N9S/c1-8(2)22-12(21(5)6)18-19-13(22)23-7-9-15-10(14)17-11(16-9)20(3)4/h8H,7H2,1-6H3,(H2,14,15,16,17). The van der Waals surface area contributed by atoms with E-state index in [4.69, 9.17) is 5.73 Å². The number of nitrogen functional groups attached to an aromatic ring is 1. The van der Waals surface area contributed by atoms with Crippen molar-refractivity contribution >= 4 is 29.6 Å². The third-order valence-electron chi connectivity index (χ3n) is 2.98. The first-order valence-corrected chi connectivity index (χ1v) is 8.21. The van der Waals surface area contributed by atoms with E-state index in [-0.39, 0.29) is 12.0 Å². The van der Waals surface area contributed by atoms with Crippen LogP contribution in [0.1, 0.15) is 25.7 Å². The fraction of sp³-hybridized carbons (Fsp3) is 0.615. The third-order valence-corrected chi connectivity index (χ3v) is 3.92. The summed E-state index contributed by atoms with van der Waals surface area (Å²) >= 11 is 1.53. The Hall–Kier alpha value is -2.10. The monoisotopic (exact) mass is 337 g/mol. The Bertz CT molecular complexity index is 665. The molecule has 10 heteroatoms. The van der Waals surface area contributed by atoms with Gasteiger partial charge in [0.25, 0.3) is 0 Å². The number of nitrogens with two attached hydrogens (primary N) is 1. The Labute approximate surface area is 140 Å². The second kappa shape index (κ2) is 6.99. The van der Waals surface area contributed by atoms with Gasteiger partial charge in [0.1, 0.15) is 5.82 Å². The third kappa shape index (κ3) is 4.01. The van der Waals surface area contributed by atoms with Gasteiger partial charge < -0.3 is 15.5 Å². The van der Waals surface area contributed by atoms with Crippen LogP contribution in [0.5, 0.6) is 0 Å². The number of aromatic nitrogens is 6. The van der Waals surface area contributed by atoms with Crippen molar-refractivity contribution < 1.29 is 0 Å². The number of hydrogen-bond acceptors (Lipinski definition) is 9. The van der Waals surface area contributed by atoms with E-state index >= 15 is 0 Å². The first-order valence-electron chi connectivity index (χ1n) is 7.22. The van der Waals surface area contributed by atoms with E-state index in [1.807, 2.05) is 33.1 Å². The average Bonchev–Trinajstić information content (AvgIpc) is 2.88. The van der Waals surface area contributed by atoms with E-state index in [1.54, 1.807) is 4.90 Å². The number of nitrogens with zero attached hydrogens (tertiary/aromatic N) is 8. The topological polar surface area (TPSA) is 102 Å². The van der Waals surface area contributed by atoms with Crippen molar-refractivity contribution in [2.45, 2.75) is 30.8 Å². The summed E-state index contributed by atoms with van der Waals surface area (Å²) in [6.45, 7) is 4.21. The molecule has 0 amide bonds. The van der Waals surface area contributed by atoms with Gasteiger partial charge in [0, 0.05) is 34.2 Å². The maximum absolute atomic E-state index is 5.75. The highest BCUT2D eigenvalue weighted by Crippen LogP contribution is 2.27. The molecule has 0 aliphatic carbocycles. The lowest BCUT2D eigenvalue weighted by Gasteiger charge is -2.17. The Morgan fingerprint density at radius 1 is 1.04 bits per heavy atom. The molecule has 2 N–H and O–H groups in total. The van der Waals surface area contributed by atoms with Gasteiger partial charge in [0.2, 0.25) is 17.8 Å². The van der Waals surface area contributed by atoms with Crippen molar-refractivity contribution in [1.82, 2.24) is 29.7 Å². The van der Waals surface area contributed by atoms with Gasteiger partial charge >= 0.3 is 0 Å². The predicted molar refractivity (Wildman–Crippen MR) is 92.9 cm³/mol. The zero-order valence-electron chi connectivity index (χ0n) is 14.3. The molecule has 2 rings (SSSR count). The molecule has 23 heavy (non-hydrogen) atoms. The van der Waals surface area contributed by atoms with Crippen LogP contribution < -0.4 is 15.5 Å². The zero-order valence-corrected chi connectivity index (χ0v) is 15.2. The van der Waals surface area contributed by atoms with Gasteiger partial charge in [-0.2, -0.15) is 15.0 Å². The van der Waals surface area contributed by atoms with Crippen molar-refractivity contribution in [1.29, 1.82) is 0 Å². The van der Waals surface area contributed by atoms with Crippen LogP contribution in [-0.2, 0) is 5.75 Å². The smallest absolute Gasteiger partial charge is 0.229 e. The van der Waals surface area contributed by atoms with Crippen molar-refractivity contribution in [3.63, 3.8) is 0 Å². The van der Waals surface area contributed by atoms with Crippen LogP contribution in [0.15, 0.2) is 5.16 Å². The van der Waals surface area contributed by atoms with Gasteiger partial charge in [0.15, 0.2) is 5.16 Å². The Kier molecular flexibility index (Phi) is 5.24.